The van der Waals surface area contributed by atoms with Crippen LogP contribution in [0.2, 0.25) is 0 Å². The van der Waals surface area contributed by atoms with Crippen molar-refractivity contribution in [1.29, 1.82) is 0 Å². The van der Waals surface area contributed by atoms with Gasteiger partial charge < -0.3 is 15.6 Å². The number of hydrogen-bond acceptors (Lipinski definition) is 5. The Labute approximate surface area is 111 Å². The second kappa shape index (κ2) is 5.49. The van der Waals surface area contributed by atoms with E-state index in [4.69, 9.17) is 0 Å². The molecule has 1 saturated heterocycles. The monoisotopic (exact) mass is 268 g/mol. The van der Waals surface area contributed by atoms with Gasteiger partial charge in [-0.3, -0.25) is 0 Å². The van der Waals surface area contributed by atoms with Gasteiger partial charge in [0, 0.05) is 19.5 Å². The molecule has 0 spiro atoms. The van der Waals surface area contributed by atoms with E-state index in [0.717, 1.165) is 42.3 Å². The van der Waals surface area contributed by atoms with Gasteiger partial charge in [-0.25, -0.2) is 15.0 Å². The molecule has 1 aliphatic rings. The molecule has 0 saturated carbocycles. The van der Waals surface area contributed by atoms with E-state index in [1.54, 1.807) is 6.33 Å². The van der Waals surface area contributed by atoms with Crippen LogP contribution in [0.3, 0.4) is 0 Å². The zero-order chi connectivity index (χ0) is 11.7. The van der Waals surface area contributed by atoms with Crippen molar-refractivity contribution in [3.05, 3.63) is 12.2 Å². The van der Waals surface area contributed by atoms with Crippen LogP contribution in [0, 0.1) is 0 Å². The van der Waals surface area contributed by atoms with Gasteiger partial charge in [0.05, 0.1) is 6.33 Å². The van der Waals surface area contributed by atoms with Crippen LogP contribution in [0.1, 0.15) is 24.6 Å². The Morgan fingerprint density at radius 3 is 3.00 bits per heavy atom. The topological polar surface area (TPSA) is 78.5 Å². The second-order valence-electron chi connectivity index (χ2n) is 4.32. The molecule has 0 aromatic carbocycles. The summed E-state index contributed by atoms with van der Waals surface area (Å²) in [6.45, 7) is 2.05. The fraction of sp³-hybridized carbons (Fsp3) is 0.545. The number of piperidine rings is 1. The number of fused-ring (bicyclic) bond motifs is 1. The van der Waals surface area contributed by atoms with Crippen LogP contribution in [0.25, 0.3) is 11.2 Å². The lowest BCUT2D eigenvalue weighted by molar-refractivity contribution is 0.447. The number of H-pyrrole nitrogens is 1. The molecular weight excluding hydrogens is 252 g/mol. The first kappa shape index (κ1) is 13.0. The van der Waals surface area contributed by atoms with Crippen molar-refractivity contribution in [3.63, 3.8) is 0 Å². The average Bonchev–Trinajstić information content (AvgIpc) is 2.86. The summed E-state index contributed by atoms with van der Waals surface area (Å²) in [6, 6.07) is 0. The number of aromatic nitrogens is 4. The van der Waals surface area contributed by atoms with Crippen LogP contribution in [0.4, 0.5) is 5.82 Å². The van der Waals surface area contributed by atoms with Crippen molar-refractivity contribution in [2.75, 3.05) is 25.5 Å². The van der Waals surface area contributed by atoms with E-state index >= 15 is 0 Å². The van der Waals surface area contributed by atoms with Gasteiger partial charge in [-0.1, -0.05) is 0 Å². The number of anilines is 1. The summed E-state index contributed by atoms with van der Waals surface area (Å²) in [4.78, 5) is 16.4. The van der Waals surface area contributed by atoms with Crippen molar-refractivity contribution in [1.82, 2.24) is 25.3 Å². The molecule has 2 aromatic heterocycles. The van der Waals surface area contributed by atoms with Gasteiger partial charge in [0.15, 0.2) is 11.5 Å². The minimum Gasteiger partial charge on any atom is -0.371 e. The number of hydrogen-bond donors (Lipinski definition) is 3. The molecule has 2 aromatic rings. The second-order valence-corrected chi connectivity index (χ2v) is 4.32. The molecule has 18 heavy (non-hydrogen) atoms. The van der Waals surface area contributed by atoms with Crippen LogP contribution in [0.15, 0.2) is 6.33 Å². The van der Waals surface area contributed by atoms with Gasteiger partial charge in [0.2, 0.25) is 0 Å². The van der Waals surface area contributed by atoms with Crippen LogP contribution in [-0.2, 0) is 0 Å². The van der Waals surface area contributed by atoms with E-state index in [0.29, 0.717) is 5.92 Å². The Morgan fingerprint density at radius 2 is 2.28 bits per heavy atom. The lowest BCUT2D eigenvalue weighted by atomic mass is 9.99. The zero-order valence-corrected chi connectivity index (χ0v) is 11.0. The number of imidazole rings is 1. The molecule has 6 nitrogen and oxygen atoms in total. The molecule has 0 unspecified atom stereocenters. The Hall–Kier alpha value is -1.40. The minimum atomic E-state index is 0. The van der Waals surface area contributed by atoms with E-state index < -0.39 is 0 Å². The lowest BCUT2D eigenvalue weighted by Crippen LogP contribution is -2.29. The van der Waals surface area contributed by atoms with E-state index in [2.05, 4.69) is 30.6 Å². The highest BCUT2D eigenvalue weighted by atomic mass is 35.5. The first-order valence-corrected chi connectivity index (χ1v) is 5.98. The van der Waals surface area contributed by atoms with Crippen LogP contribution >= 0.6 is 12.4 Å². The molecule has 1 atom stereocenters. The molecule has 7 heteroatoms. The average molecular weight is 269 g/mol. The fourth-order valence-corrected chi connectivity index (χ4v) is 2.29. The fourth-order valence-electron chi connectivity index (χ4n) is 2.29. The summed E-state index contributed by atoms with van der Waals surface area (Å²) in [7, 11) is 1.87. The van der Waals surface area contributed by atoms with Crippen LogP contribution in [-0.4, -0.2) is 40.1 Å². The zero-order valence-electron chi connectivity index (χ0n) is 10.2. The molecule has 0 aliphatic carbocycles. The summed E-state index contributed by atoms with van der Waals surface area (Å²) in [5.74, 6) is 2.12. The van der Waals surface area contributed by atoms with Crippen LogP contribution < -0.4 is 10.6 Å². The van der Waals surface area contributed by atoms with Gasteiger partial charge in [-0.05, 0) is 19.4 Å². The highest BCUT2D eigenvalue weighted by Crippen LogP contribution is 2.24. The summed E-state index contributed by atoms with van der Waals surface area (Å²) >= 11 is 0. The first-order valence-electron chi connectivity index (χ1n) is 5.98. The number of nitrogens with zero attached hydrogens (tertiary/aromatic N) is 3. The Bertz CT molecular complexity index is 519. The van der Waals surface area contributed by atoms with E-state index in [1.165, 1.54) is 6.42 Å². The molecule has 98 valence electrons. The number of halogens is 1. The van der Waals surface area contributed by atoms with E-state index in [9.17, 15) is 0 Å². The molecule has 1 aliphatic heterocycles. The van der Waals surface area contributed by atoms with Crippen molar-refractivity contribution in [2.24, 2.45) is 0 Å². The quantitative estimate of drug-likeness (QED) is 0.765. The van der Waals surface area contributed by atoms with Crippen LogP contribution in [0.5, 0.6) is 0 Å². The maximum atomic E-state index is 4.58. The summed E-state index contributed by atoms with van der Waals surface area (Å²) in [6.07, 6.45) is 3.98. The van der Waals surface area contributed by atoms with E-state index in [1.807, 2.05) is 7.05 Å². The lowest BCUT2D eigenvalue weighted by Gasteiger charge is -2.21. The number of rotatable bonds is 2. The third-order valence-corrected chi connectivity index (χ3v) is 3.20. The molecule has 0 amide bonds. The van der Waals surface area contributed by atoms with Gasteiger partial charge in [-0.2, -0.15) is 0 Å². The standard InChI is InChI=1S/C11H16N6.ClH/c1-12-10-8-11(15-6-14-8)17-9(16-10)7-3-2-4-13-5-7;/h6-7,13H,2-5H2,1H3,(H2,12,14,15,16,17);1H/t7-;/m1./s1. The molecule has 0 radical (unpaired) electrons. The predicted molar refractivity (Wildman–Crippen MR) is 73.3 cm³/mol. The number of aromatic amines is 1. The smallest absolute Gasteiger partial charge is 0.183 e. The summed E-state index contributed by atoms with van der Waals surface area (Å²) in [5, 5.41) is 6.48. The Morgan fingerprint density at radius 1 is 1.39 bits per heavy atom. The maximum absolute atomic E-state index is 4.58. The van der Waals surface area contributed by atoms with Crippen molar-refractivity contribution in [3.8, 4) is 0 Å². The molecular formula is C11H17ClN6. The third kappa shape index (κ3) is 2.26. The van der Waals surface area contributed by atoms with Crippen molar-refractivity contribution in [2.45, 2.75) is 18.8 Å². The normalized spacial score (nSPS) is 19.5. The SMILES string of the molecule is CNc1nc([C@@H]2CCCNC2)nc2nc[nH]c12.Cl. The molecule has 3 heterocycles. The van der Waals surface area contributed by atoms with Gasteiger partial charge in [0.25, 0.3) is 0 Å². The highest BCUT2D eigenvalue weighted by molar-refractivity contribution is 5.85. The third-order valence-electron chi connectivity index (χ3n) is 3.20. The summed E-state index contributed by atoms with van der Waals surface area (Å²) < 4.78 is 0. The highest BCUT2D eigenvalue weighted by Gasteiger charge is 2.20. The Balaban J connectivity index is 0.00000120. The molecule has 3 rings (SSSR count). The molecule has 0 bridgehead atoms. The van der Waals surface area contributed by atoms with Gasteiger partial charge in [0.1, 0.15) is 11.3 Å². The van der Waals surface area contributed by atoms with E-state index in [-0.39, 0.29) is 12.4 Å². The Kier molecular flexibility index (Phi) is 3.98. The van der Waals surface area contributed by atoms with Gasteiger partial charge in [-0.15, -0.1) is 12.4 Å². The molecule has 1 fully saturated rings. The predicted octanol–water partition coefficient (Wildman–Crippen LogP) is 1.28. The largest absolute Gasteiger partial charge is 0.371 e. The first-order chi connectivity index (χ1) is 8.38. The van der Waals surface area contributed by atoms with Gasteiger partial charge >= 0.3 is 0 Å². The molecule has 3 N–H and O–H groups in total. The minimum absolute atomic E-state index is 0. The van der Waals surface area contributed by atoms with Crippen molar-refractivity contribution >= 4 is 29.4 Å². The maximum Gasteiger partial charge on any atom is 0.183 e. The summed E-state index contributed by atoms with van der Waals surface area (Å²) in [5.41, 5.74) is 1.62. The number of nitrogens with one attached hydrogen (secondary N) is 3. The van der Waals surface area contributed by atoms with Crippen molar-refractivity contribution < 1.29 is 0 Å².